The first-order valence-electron chi connectivity index (χ1n) is 17.2. The molecule has 2 bridgehead atoms. The van der Waals surface area contributed by atoms with Crippen molar-refractivity contribution in [3.05, 3.63) is 23.9 Å². The summed E-state index contributed by atoms with van der Waals surface area (Å²) >= 11 is 0. The molecule has 4 aliphatic rings. The fourth-order valence-corrected chi connectivity index (χ4v) is 8.36. The van der Waals surface area contributed by atoms with E-state index in [0.717, 1.165) is 56.2 Å². The van der Waals surface area contributed by atoms with E-state index < -0.39 is 35.3 Å². The zero-order chi connectivity index (χ0) is 33.0. The summed E-state index contributed by atoms with van der Waals surface area (Å²) in [6.45, 7) is 11.6. The largest absolute Gasteiger partial charge is 0.497 e. The molecule has 3 heterocycles. The number of benzene rings is 1. The van der Waals surface area contributed by atoms with Crippen LogP contribution in [0.15, 0.2) is 18.2 Å². The van der Waals surface area contributed by atoms with E-state index in [-0.39, 0.29) is 36.0 Å². The number of rotatable bonds is 3. The summed E-state index contributed by atoms with van der Waals surface area (Å²) in [4.78, 5) is 52.9. The van der Waals surface area contributed by atoms with Gasteiger partial charge in [0.15, 0.2) is 5.78 Å². The molecule has 8 atom stereocenters. The Morgan fingerprint density at radius 2 is 1.89 bits per heavy atom. The van der Waals surface area contributed by atoms with E-state index >= 15 is 0 Å². The van der Waals surface area contributed by atoms with E-state index in [9.17, 15) is 14.4 Å². The van der Waals surface area contributed by atoms with Gasteiger partial charge in [-0.05, 0) is 88.2 Å². The first-order valence-corrected chi connectivity index (χ1v) is 17.2. The number of ether oxygens (including phenoxy) is 3. The number of alkyl carbamates (subject to hydrolysis) is 1. The van der Waals surface area contributed by atoms with E-state index in [1.165, 1.54) is 6.92 Å². The molecule has 2 aliphatic carbocycles. The lowest BCUT2D eigenvalue weighted by atomic mass is 9.85. The van der Waals surface area contributed by atoms with Crippen molar-refractivity contribution in [2.24, 2.45) is 23.2 Å². The normalized spacial score (nSPS) is 33.5. The van der Waals surface area contributed by atoms with Gasteiger partial charge in [0, 0.05) is 17.9 Å². The Hall–Kier alpha value is -3.43. The van der Waals surface area contributed by atoms with E-state index in [1.54, 1.807) is 12.0 Å². The number of Topliss-reactive ketones (excluding diaryl/α,β-unsaturated/α-hetero) is 1. The molecule has 10 heteroatoms. The third-order valence-electron chi connectivity index (χ3n) is 11.1. The van der Waals surface area contributed by atoms with Crippen LogP contribution in [0.25, 0.3) is 11.0 Å². The minimum atomic E-state index is -0.892. The van der Waals surface area contributed by atoms with Crippen molar-refractivity contribution in [2.75, 3.05) is 13.7 Å². The van der Waals surface area contributed by atoms with Crippen molar-refractivity contribution in [3.8, 4) is 11.6 Å². The number of amides is 2. The van der Waals surface area contributed by atoms with Crippen molar-refractivity contribution in [2.45, 2.75) is 123 Å². The Morgan fingerprint density at radius 3 is 2.59 bits per heavy atom. The van der Waals surface area contributed by atoms with Crippen molar-refractivity contribution in [1.82, 2.24) is 20.2 Å². The van der Waals surface area contributed by atoms with E-state index in [0.29, 0.717) is 29.5 Å². The molecule has 2 amide bonds. The highest BCUT2D eigenvalue weighted by Gasteiger charge is 2.51. The number of carbonyl (C=O) groups is 3. The van der Waals surface area contributed by atoms with Crippen LogP contribution < -0.4 is 14.8 Å². The van der Waals surface area contributed by atoms with E-state index in [1.807, 2.05) is 52.8 Å². The smallest absolute Gasteiger partial charge is 0.408 e. The summed E-state index contributed by atoms with van der Waals surface area (Å²) in [6, 6.07) is 4.11. The van der Waals surface area contributed by atoms with Crippen LogP contribution in [0.4, 0.5) is 4.79 Å². The van der Waals surface area contributed by atoms with E-state index in [4.69, 9.17) is 24.2 Å². The molecule has 2 aromatic rings. The maximum absolute atomic E-state index is 14.4. The molecule has 6 rings (SSSR count). The number of fused-ring (bicyclic) bond motifs is 7. The Balaban J connectivity index is 1.42. The number of hydrogen-bond acceptors (Lipinski definition) is 8. The van der Waals surface area contributed by atoms with Gasteiger partial charge in [0.1, 0.15) is 29.2 Å². The molecule has 3 fully saturated rings. The number of ketones is 1. The SMILES string of the molecule is CC[C@@H]1[C@@H]2CN(C(=O)[C@H](C(C)(C)C)NC(=O)O[C@]3(C)CCC[C@H]3CCCC3CC3c3nc4ccc(OC)cc4nc3O2)[C@@H]1C(C)=O. The highest BCUT2D eigenvalue weighted by molar-refractivity contribution is 5.92. The molecule has 1 aromatic carbocycles. The zero-order valence-corrected chi connectivity index (χ0v) is 28.4. The Labute approximate surface area is 272 Å². The van der Waals surface area contributed by atoms with Crippen LogP contribution in [0.2, 0.25) is 0 Å². The second-order valence-electron chi connectivity index (χ2n) is 15.3. The number of nitrogens with zero attached hydrogens (tertiary/aromatic N) is 3. The number of hydrogen-bond donors (Lipinski definition) is 1. The van der Waals surface area contributed by atoms with E-state index in [2.05, 4.69) is 5.32 Å². The third kappa shape index (κ3) is 6.16. The molecule has 2 unspecified atom stereocenters. The van der Waals surface area contributed by atoms with Crippen molar-refractivity contribution >= 4 is 28.8 Å². The average Bonchev–Trinajstić information content (AvgIpc) is 3.53. The highest BCUT2D eigenvalue weighted by Crippen LogP contribution is 2.53. The lowest BCUT2D eigenvalue weighted by molar-refractivity contribution is -0.141. The highest BCUT2D eigenvalue weighted by atomic mass is 16.6. The number of nitrogens with one attached hydrogen (secondary N) is 1. The molecule has 0 spiro atoms. The molecule has 2 saturated carbocycles. The summed E-state index contributed by atoms with van der Waals surface area (Å²) in [5.41, 5.74) is 1.11. The standard InChI is InChI=1S/C36H50N4O6/c1-8-24-28-19-40(30(24)20(2)41)33(42)31(35(3,4)5)39-34(43)46-36(6)16-10-13-22(36)12-9-11-21-17-25(21)29-32(45-28)38-27-18-23(44-7)14-15-26(27)37-29/h14-15,18,21-22,24-25,28,30-31H,8-13,16-17,19H2,1-7H3,(H,39,43)/t21?,22-,24-,25?,28+,30-,31-,36-/m1/s1. The molecule has 46 heavy (non-hydrogen) atoms. The van der Waals surface area contributed by atoms with Gasteiger partial charge >= 0.3 is 6.09 Å². The Morgan fingerprint density at radius 1 is 1.13 bits per heavy atom. The first kappa shape index (κ1) is 32.5. The molecule has 0 radical (unpaired) electrons. The van der Waals surface area contributed by atoms with Crippen LogP contribution in [-0.2, 0) is 14.3 Å². The van der Waals surface area contributed by atoms with Crippen molar-refractivity contribution < 1.29 is 28.6 Å². The third-order valence-corrected chi connectivity index (χ3v) is 11.1. The quantitative estimate of drug-likeness (QED) is 0.424. The zero-order valence-electron chi connectivity index (χ0n) is 28.4. The van der Waals surface area contributed by atoms with Gasteiger partial charge in [0.25, 0.3) is 0 Å². The lowest BCUT2D eigenvalue weighted by Gasteiger charge is -2.37. The minimum absolute atomic E-state index is 0.106. The van der Waals surface area contributed by atoms with Crippen LogP contribution in [0, 0.1) is 23.2 Å². The van der Waals surface area contributed by atoms with Gasteiger partial charge in [-0.15, -0.1) is 0 Å². The molecular weight excluding hydrogens is 584 g/mol. The molecular formula is C36H50N4O6. The monoisotopic (exact) mass is 634 g/mol. The number of aromatic nitrogens is 2. The van der Waals surface area contributed by atoms with Gasteiger partial charge in [0.05, 0.1) is 30.7 Å². The molecule has 1 N–H and O–H groups in total. The van der Waals surface area contributed by atoms with Gasteiger partial charge in [-0.1, -0.05) is 34.1 Å². The summed E-state index contributed by atoms with van der Waals surface area (Å²) in [5.74, 6) is 1.48. The summed E-state index contributed by atoms with van der Waals surface area (Å²) in [5, 5.41) is 2.95. The first-order chi connectivity index (χ1) is 21.8. The van der Waals surface area contributed by atoms with Crippen LogP contribution in [-0.4, -0.2) is 70.1 Å². The van der Waals surface area contributed by atoms with Crippen molar-refractivity contribution in [1.29, 1.82) is 0 Å². The van der Waals surface area contributed by atoms with Gasteiger partial charge in [-0.25, -0.2) is 14.8 Å². The predicted octanol–water partition coefficient (Wildman–Crippen LogP) is 6.20. The second-order valence-corrected chi connectivity index (χ2v) is 15.3. The average molecular weight is 635 g/mol. The van der Waals surface area contributed by atoms with Crippen molar-refractivity contribution in [3.63, 3.8) is 0 Å². The Kier molecular flexibility index (Phi) is 8.70. The Bertz CT molecular complexity index is 1510. The van der Waals surface area contributed by atoms with Crippen LogP contribution >= 0.6 is 0 Å². The lowest BCUT2D eigenvalue weighted by Crippen LogP contribution is -2.58. The molecule has 1 saturated heterocycles. The number of methoxy groups -OCH3 is 1. The van der Waals surface area contributed by atoms with Crippen LogP contribution in [0.1, 0.15) is 105 Å². The van der Waals surface area contributed by atoms with Gasteiger partial charge in [0.2, 0.25) is 11.8 Å². The second kappa shape index (κ2) is 12.3. The molecule has 10 nitrogen and oxygen atoms in total. The fourth-order valence-electron chi connectivity index (χ4n) is 8.36. The summed E-state index contributed by atoms with van der Waals surface area (Å²) in [7, 11) is 1.62. The maximum atomic E-state index is 14.4. The van der Waals surface area contributed by atoms with Gasteiger partial charge in [-0.2, -0.15) is 0 Å². The van der Waals surface area contributed by atoms with Gasteiger partial charge < -0.3 is 24.4 Å². The fraction of sp³-hybridized carbons (Fsp3) is 0.694. The summed E-state index contributed by atoms with van der Waals surface area (Å²) < 4.78 is 18.4. The molecule has 1 aromatic heterocycles. The topological polar surface area (TPSA) is 120 Å². The summed E-state index contributed by atoms with van der Waals surface area (Å²) in [6.07, 6.45) is 6.52. The minimum Gasteiger partial charge on any atom is -0.497 e. The maximum Gasteiger partial charge on any atom is 0.408 e. The van der Waals surface area contributed by atoms with Crippen LogP contribution in [0.3, 0.4) is 0 Å². The van der Waals surface area contributed by atoms with Crippen LogP contribution in [0.5, 0.6) is 11.6 Å². The molecule has 250 valence electrons. The molecule has 2 aliphatic heterocycles. The number of carbonyl (C=O) groups excluding carboxylic acids is 3. The van der Waals surface area contributed by atoms with Gasteiger partial charge in [-0.3, -0.25) is 9.59 Å². The predicted molar refractivity (Wildman–Crippen MR) is 174 cm³/mol.